The number of carbonyl (C=O) groups is 1. The third-order valence-corrected chi connectivity index (χ3v) is 6.42. The van der Waals surface area contributed by atoms with Crippen molar-refractivity contribution in [2.75, 3.05) is 45.2 Å². The summed E-state index contributed by atoms with van der Waals surface area (Å²) in [6, 6.07) is 7.99. The number of nitrogens with one attached hydrogen (secondary N) is 3. The highest BCUT2D eigenvalue weighted by Gasteiger charge is 2.38. The molecule has 0 radical (unpaired) electrons. The van der Waals surface area contributed by atoms with Crippen LogP contribution in [0.25, 0.3) is 0 Å². The monoisotopic (exact) mass is 557 g/mol. The van der Waals surface area contributed by atoms with Crippen LogP contribution in [-0.2, 0) is 16.1 Å². The molecule has 1 aromatic rings. The highest BCUT2D eigenvalue weighted by Crippen LogP contribution is 2.33. The summed E-state index contributed by atoms with van der Waals surface area (Å²) in [6.45, 7) is 7.27. The molecule has 32 heavy (non-hydrogen) atoms. The molecule has 1 saturated carbocycles. The zero-order valence-electron chi connectivity index (χ0n) is 19.6. The molecule has 0 aromatic heterocycles. The van der Waals surface area contributed by atoms with E-state index in [0.717, 1.165) is 56.5 Å². The molecule has 0 unspecified atom stereocenters. The molecule has 1 aromatic carbocycles. The summed E-state index contributed by atoms with van der Waals surface area (Å²) in [7, 11) is 1.82. The Morgan fingerprint density at radius 1 is 1.16 bits per heavy atom. The Labute approximate surface area is 210 Å². The van der Waals surface area contributed by atoms with Crippen LogP contribution in [0.2, 0.25) is 0 Å². The minimum atomic E-state index is 0. The van der Waals surface area contributed by atoms with Gasteiger partial charge in [-0.3, -0.25) is 14.7 Å². The molecule has 1 heterocycles. The number of morpholine rings is 1. The number of carbonyl (C=O) groups excluding carboxylic acids is 1. The predicted octanol–water partition coefficient (Wildman–Crippen LogP) is 3.74. The Morgan fingerprint density at radius 2 is 1.91 bits per heavy atom. The van der Waals surface area contributed by atoms with E-state index in [4.69, 9.17) is 4.74 Å². The van der Waals surface area contributed by atoms with Crippen molar-refractivity contribution in [2.24, 2.45) is 4.99 Å². The number of anilines is 1. The van der Waals surface area contributed by atoms with E-state index in [1.807, 2.05) is 32.2 Å². The number of benzene rings is 1. The van der Waals surface area contributed by atoms with Gasteiger partial charge in [0.25, 0.3) is 0 Å². The molecule has 7 nitrogen and oxygen atoms in total. The molecule has 1 saturated heterocycles. The van der Waals surface area contributed by atoms with Crippen LogP contribution in [-0.4, -0.2) is 62.2 Å². The number of hydrogen-bond donors (Lipinski definition) is 3. The van der Waals surface area contributed by atoms with Crippen molar-refractivity contribution in [1.29, 1.82) is 0 Å². The fourth-order valence-electron chi connectivity index (χ4n) is 4.72. The summed E-state index contributed by atoms with van der Waals surface area (Å²) in [5.74, 6) is 0.879. The third-order valence-electron chi connectivity index (χ3n) is 6.42. The van der Waals surface area contributed by atoms with E-state index < -0.39 is 0 Å². The van der Waals surface area contributed by atoms with E-state index in [2.05, 4.69) is 31.9 Å². The topological polar surface area (TPSA) is 78.0 Å². The van der Waals surface area contributed by atoms with Crippen molar-refractivity contribution in [3.05, 3.63) is 29.8 Å². The molecular weight excluding hydrogens is 517 g/mol. The molecule has 3 N–H and O–H groups in total. The number of ether oxygens (including phenoxy) is 1. The molecule has 8 heteroatoms. The number of aliphatic imine (C=N–C) groups is 1. The second kappa shape index (κ2) is 14.0. The average Bonchev–Trinajstić information content (AvgIpc) is 2.81. The van der Waals surface area contributed by atoms with Gasteiger partial charge < -0.3 is 20.7 Å². The van der Waals surface area contributed by atoms with Gasteiger partial charge in [-0.2, -0.15) is 0 Å². The zero-order valence-corrected chi connectivity index (χ0v) is 22.0. The minimum absolute atomic E-state index is 0. The summed E-state index contributed by atoms with van der Waals surface area (Å²) in [5.41, 5.74) is 2.15. The van der Waals surface area contributed by atoms with Crippen LogP contribution in [0.15, 0.2) is 29.3 Å². The van der Waals surface area contributed by atoms with Crippen LogP contribution in [0, 0.1) is 0 Å². The van der Waals surface area contributed by atoms with E-state index in [9.17, 15) is 4.79 Å². The first-order valence-electron chi connectivity index (χ1n) is 11.8. The maximum atomic E-state index is 11.9. The second-order valence-corrected chi connectivity index (χ2v) is 8.66. The third kappa shape index (κ3) is 7.88. The van der Waals surface area contributed by atoms with Gasteiger partial charge in [-0.1, -0.05) is 38.3 Å². The van der Waals surface area contributed by atoms with Crippen molar-refractivity contribution < 1.29 is 9.53 Å². The van der Waals surface area contributed by atoms with E-state index in [1.165, 1.54) is 32.1 Å². The fraction of sp³-hybridized carbons (Fsp3) is 0.667. The summed E-state index contributed by atoms with van der Waals surface area (Å²) in [5, 5.41) is 10.00. The fourth-order valence-corrected chi connectivity index (χ4v) is 4.72. The van der Waals surface area contributed by atoms with Crippen LogP contribution < -0.4 is 16.0 Å². The number of guanidine groups is 1. The Balaban J connectivity index is 0.00000363. The predicted molar refractivity (Wildman–Crippen MR) is 142 cm³/mol. The maximum absolute atomic E-state index is 11.9. The van der Waals surface area contributed by atoms with E-state index in [-0.39, 0.29) is 35.4 Å². The summed E-state index contributed by atoms with van der Waals surface area (Å²) < 4.78 is 5.59. The SMILES string of the molecule is CCCC(=O)Nc1cccc(CNC(=NC)NCC2(N3CCOCC3)CCCCC2)c1.I. The lowest BCUT2D eigenvalue weighted by atomic mass is 9.80. The number of halogens is 1. The smallest absolute Gasteiger partial charge is 0.224 e. The Kier molecular flexibility index (Phi) is 11.7. The van der Waals surface area contributed by atoms with Gasteiger partial charge in [0.2, 0.25) is 5.91 Å². The first kappa shape index (κ1) is 26.9. The van der Waals surface area contributed by atoms with Crippen molar-refractivity contribution in [1.82, 2.24) is 15.5 Å². The van der Waals surface area contributed by atoms with Gasteiger partial charge in [0.1, 0.15) is 0 Å². The first-order chi connectivity index (χ1) is 15.1. The van der Waals surface area contributed by atoms with Gasteiger partial charge in [0.05, 0.1) is 13.2 Å². The van der Waals surface area contributed by atoms with E-state index in [1.54, 1.807) is 0 Å². The van der Waals surface area contributed by atoms with Gasteiger partial charge >= 0.3 is 0 Å². The summed E-state index contributed by atoms with van der Waals surface area (Å²) in [6.07, 6.45) is 7.78. The van der Waals surface area contributed by atoms with E-state index >= 15 is 0 Å². The van der Waals surface area contributed by atoms with Crippen LogP contribution in [0.5, 0.6) is 0 Å². The molecular formula is C24H40IN5O2. The largest absolute Gasteiger partial charge is 0.379 e. The highest BCUT2D eigenvalue weighted by atomic mass is 127. The molecule has 1 aliphatic heterocycles. The van der Waals surface area contributed by atoms with Crippen molar-refractivity contribution in [3.63, 3.8) is 0 Å². The molecule has 0 spiro atoms. The number of nitrogens with zero attached hydrogens (tertiary/aromatic N) is 2. The van der Waals surface area contributed by atoms with E-state index in [0.29, 0.717) is 13.0 Å². The molecule has 0 atom stereocenters. The number of rotatable bonds is 8. The normalized spacial score (nSPS) is 19.0. The van der Waals surface area contributed by atoms with Gasteiger partial charge in [-0.05, 0) is 37.0 Å². The van der Waals surface area contributed by atoms with Crippen LogP contribution in [0.1, 0.15) is 57.4 Å². The van der Waals surface area contributed by atoms with Crippen molar-refractivity contribution in [3.8, 4) is 0 Å². The van der Waals surface area contributed by atoms with Crippen molar-refractivity contribution in [2.45, 2.75) is 64.0 Å². The highest BCUT2D eigenvalue weighted by molar-refractivity contribution is 14.0. The Bertz CT molecular complexity index is 731. The average molecular weight is 558 g/mol. The van der Waals surface area contributed by atoms with Gasteiger partial charge in [0, 0.05) is 50.9 Å². The Hall–Kier alpha value is -1.39. The number of amides is 1. The molecule has 3 rings (SSSR count). The Morgan fingerprint density at radius 3 is 2.59 bits per heavy atom. The first-order valence-corrected chi connectivity index (χ1v) is 11.8. The molecule has 1 aliphatic carbocycles. The lowest BCUT2D eigenvalue weighted by molar-refractivity contribution is -0.116. The summed E-state index contributed by atoms with van der Waals surface area (Å²) in [4.78, 5) is 18.9. The standard InChI is InChI=1S/C24H39N5O2.HI/c1-3-8-22(30)28-21-10-7-9-20(17-21)18-26-23(25-2)27-19-24(11-5-4-6-12-24)29-13-15-31-16-14-29;/h7,9-10,17H,3-6,8,11-16,18-19H2,1-2H3,(H,28,30)(H2,25,26,27);1H. The molecule has 0 bridgehead atoms. The van der Waals surface area contributed by atoms with Crippen LogP contribution >= 0.6 is 24.0 Å². The molecule has 180 valence electrons. The van der Waals surface area contributed by atoms with Gasteiger partial charge in [0.15, 0.2) is 5.96 Å². The maximum Gasteiger partial charge on any atom is 0.224 e. The minimum Gasteiger partial charge on any atom is -0.379 e. The van der Waals surface area contributed by atoms with Crippen LogP contribution in [0.4, 0.5) is 5.69 Å². The zero-order chi connectivity index (χ0) is 21.9. The quantitative estimate of drug-likeness (QED) is 0.258. The number of hydrogen-bond acceptors (Lipinski definition) is 4. The van der Waals surface area contributed by atoms with Gasteiger partial charge in [-0.25, -0.2) is 0 Å². The molecule has 2 aliphatic rings. The molecule has 1 amide bonds. The second-order valence-electron chi connectivity index (χ2n) is 8.66. The summed E-state index contributed by atoms with van der Waals surface area (Å²) >= 11 is 0. The van der Waals surface area contributed by atoms with Crippen molar-refractivity contribution >= 4 is 41.5 Å². The lowest BCUT2D eigenvalue weighted by Gasteiger charge is -2.48. The van der Waals surface area contributed by atoms with Gasteiger partial charge in [-0.15, -0.1) is 24.0 Å². The van der Waals surface area contributed by atoms with Crippen LogP contribution in [0.3, 0.4) is 0 Å². The lowest BCUT2D eigenvalue weighted by Crippen LogP contribution is -2.60. The molecule has 2 fully saturated rings.